The van der Waals surface area contributed by atoms with Gasteiger partial charge in [0.25, 0.3) is 0 Å². The number of anilines is 1. The van der Waals surface area contributed by atoms with Crippen molar-refractivity contribution in [2.24, 2.45) is 0 Å². The van der Waals surface area contributed by atoms with E-state index in [1.54, 1.807) is 0 Å². The zero-order valence-corrected chi connectivity index (χ0v) is 18.3. The largest absolute Gasteiger partial charge is 0.444 e. The molecule has 0 radical (unpaired) electrons. The molecule has 5 heteroatoms. The molecule has 1 amide bonds. The third-order valence-corrected chi connectivity index (χ3v) is 6.93. The Kier molecular flexibility index (Phi) is 5.91. The highest BCUT2D eigenvalue weighted by atomic mass is 16.5. The predicted molar refractivity (Wildman–Crippen MR) is 125 cm³/mol. The van der Waals surface area contributed by atoms with Crippen LogP contribution in [0.1, 0.15) is 41.6 Å². The number of aromatic nitrogens is 1. The number of amides is 1. The van der Waals surface area contributed by atoms with Gasteiger partial charge in [0.15, 0.2) is 0 Å². The maximum absolute atomic E-state index is 11.4. The monoisotopic (exact) mass is 427 g/mol. The summed E-state index contributed by atoms with van der Waals surface area (Å²) in [6, 6.07) is 23.4. The average molecular weight is 428 g/mol. The molecule has 1 fully saturated rings. The van der Waals surface area contributed by atoms with Gasteiger partial charge in [-0.2, -0.15) is 0 Å². The third-order valence-electron chi connectivity index (χ3n) is 6.93. The van der Waals surface area contributed by atoms with Crippen molar-refractivity contribution in [1.29, 1.82) is 0 Å². The van der Waals surface area contributed by atoms with Crippen LogP contribution in [0, 0.1) is 0 Å². The van der Waals surface area contributed by atoms with Crippen LogP contribution in [0.15, 0.2) is 72.9 Å². The van der Waals surface area contributed by atoms with Crippen LogP contribution >= 0.6 is 0 Å². The lowest BCUT2D eigenvalue weighted by Gasteiger charge is -2.42. The van der Waals surface area contributed by atoms with Gasteiger partial charge in [-0.3, -0.25) is 15.2 Å². The van der Waals surface area contributed by atoms with Gasteiger partial charge in [0.05, 0.1) is 5.69 Å². The number of fused-ring (bicyclic) bond motifs is 1. The van der Waals surface area contributed by atoms with Gasteiger partial charge < -0.3 is 4.74 Å². The Morgan fingerprint density at radius 1 is 0.969 bits per heavy atom. The van der Waals surface area contributed by atoms with Crippen molar-refractivity contribution in [3.63, 3.8) is 0 Å². The van der Waals surface area contributed by atoms with Gasteiger partial charge in [-0.25, -0.2) is 4.79 Å². The summed E-state index contributed by atoms with van der Waals surface area (Å²) in [6.07, 6.45) is 5.98. The molecule has 3 aromatic rings. The lowest BCUT2D eigenvalue weighted by atomic mass is 9.71. The summed E-state index contributed by atoms with van der Waals surface area (Å²) in [5.74, 6) is 0. The molecular weight excluding hydrogens is 398 g/mol. The van der Waals surface area contributed by atoms with E-state index >= 15 is 0 Å². The Hall–Kier alpha value is -3.18. The molecule has 0 aliphatic carbocycles. The first-order valence-electron chi connectivity index (χ1n) is 11.4. The van der Waals surface area contributed by atoms with E-state index in [9.17, 15) is 4.79 Å². The van der Waals surface area contributed by atoms with Crippen molar-refractivity contribution in [3.05, 3.63) is 95.3 Å². The van der Waals surface area contributed by atoms with E-state index in [4.69, 9.17) is 9.72 Å². The number of hydrogen-bond donors (Lipinski definition) is 1. The standard InChI is InChI=1S/C27H29N3O2/c31-26-29-24-10-9-22(18-23(24)20-32-26)19-30-16-13-27(14-17-30,25-8-4-5-15-28-25)12-11-21-6-2-1-3-7-21/h1-10,15,18H,11-14,16-17,19-20H2,(H,29,31). The highest BCUT2D eigenvalue weighted by Gasteiger charge is 2.37. The van der Waals surface area contributed by atoms with Gasteiger partial charge in [-0.1, -0.05) is 42.5 Å². The van der Waals surface area contributed by atoms with Crippen LogP contribution in [0.4, 0.5) is 10.5 Å². The Bertz CT molecular complexity index is 1060. The normalized spacial score (nSPS) is 17.8. The fourth-order valence-electron chi connectivity index (χ4n) is 5.01. The van der Waals surface area contributed by atoms with Gasteiger partial charge in [0.2, 0.25) is 0 Å². The fraction of sp³-hybridized carbons (Fsp3) is 0.333. The summed E-state index contributed by atoms with van der Waals surface area (Å²) >= 11 is 0. The van der Waals surface area contributed by atoms with E-state index in [-0.39, 0.29) is 11.5 Å². The molecule has 1 saturated heterocycles. The summed E-state index contributed by atoms with van der Waals surface area (Å²) in [5, 5.41) is 2.77. The van der Waals surface area contributed by atoms with E-state index in [0.717, 1.165) is 56.6 Å². The van der Waals surface area contributed by atoms with Crippen LogP contribution in [0.2, 0.25) is 0 Å². The molecule has 2 aliphatic rings. The number of piperidine rings is 1. The topological polar surface area (TPSA) is 54.5 Å². The van der Waals surface area contributed by atoms with Gasteiger partial charge in [0, 0.05) is 29.4 Å². The van der Waals surface area contributed by atoms with Crippen LogP contribution in [0.25, 0.3) is 0 Å². The minimum absolute atomic E-state index is 0.127. The predicted octanol–water partition coefficient (Wildman–Crippen LogP) is 5.31. The first-order chi connectivity index (χ1) is 15.7. The number of nitrogens with one attached hydrogen (secondary N) is 1. The highest BCUT2D eigenvalue weighted by Crippen LogP contribution is 2.39. The molecule has 5 rings (SSSR count). The van der Waals surface area contributed by atoms with Crippen LogP contribution in [-0.2, 0) is 29.7 Å². The second kappa shape index (κ2) is 9.13. The summed E-state index contributed by atoms with van der Waals surface area (Å²) in [7, 11) is 0. The quantitative estimate of drug-likeness (QED) is 0.579. The zero-order valence-electron chi connectivity index (χ0n) is 18.3. The van der Waals surface area contributed by atoms with Crippen molar-refractivity contribution in [2.75, 3.05) is 18.4 Å². The molecule has 0 bridgehead atoms. The average Bonchev–Trinajstić information content (AvgIpc) is 2.85. The molecular formula is C27H29N3O2. The Morgan fingerprint density at radius 2 is 1.78 bits per heavy atom. The minimum atomic E-state index is -0.373. The van der Waals surface area contributed by atoms with E-state index < -0.39 is 0 Å². The van der Waals surface area contributed by atoms with Gasteiger partial charge in [-0.05, 0) is 74.2 Å². The van der Waals surface area contributed by atoms with Crippen LogP contribution < -0.4 is 5.32 Å². The maximum Gasteiger partial charge on any atom is 0.411 e. The number of ether oxygens (including phenoxy) is 1. The maximum atomic E-state index is 11.4. The molecule has 1 N–H and O–H groups in total. The number of carbonyl (C=O) groups is 1. The number of likely N-dealkylation sites (tertiary alicyclic amines) is 1. The van der Waals surface area contributed by atoms with E-state index in [2.05, 4.69) is 64.8 Å². The Balaban J connectivity index is 1.27. The molecule has 2 aromatic carbocycles. The lowest BCUT2D eigenvalue weighted by Crippen LogP contribution is -2.43. The number of hydrogen-bond acceptors (Lipinski definition) is 4. The van der Waals surface area contributed by atoms with Crippen molar-refractivity contribution >= 4 is 11.8 Å². The van der Waals surface area contributed by atoms with Crippen molar-refractivity contribution in [1.82, 2.24) is 9.88 Å². The van der Waals surface area contributed by atoms with Crippen LogP contribution in [0.5, 0.6) is 0 Å². The second-order valence-electron chi connectivity index (χ2n) is 8.95. The smallest absolute Gasteiger partial charge is 0.411 e. The lowest BCUT2D eigenvalue weighted by molar-refractivity contribution is 0.142. The van der Waals surface area contributed by atoms with Gasteiger partial charge >= 0.3 is 6.09 Å². The summed E-state index contributed by atoms with van der Waals surface area (Å²) in [5.41, 5.74) is 5.93. The molecule has 164 valence electrons. The molecule has 0 saturated carbocycles. The molecule has 3 heterocycles. The van der Waals surface area contributed by atoms with Gasteiger partial charge in [-0.15, -0.1) is 0 Å². The van der Waals surface area contributed by atoms with Crippen LogP contribution in [0.3, 0.4) is 0 Å². The first kappa shape index (κ1) is 20.7. The van der Waals surface area contributed by atoms with Crippen LogP contribution in [-0.4, -0.2) is 29.1 Å². The number of cyclic esters (lactones) is 1. The molecule has 0 atom stereocenters. The number of aryl methyl sites for hydroxylation is 1. The molecule has 2 aliphatic heterocycles. The van der Waals surface area contributed by atoms with Crippen molar-refractivity contribution in [2.45, 2.75) is 44.2 Å². The summed E-state index contributed by atoms with van der Waals surface area (Å²) in [4.78, 5) is 18.7. The second-order valence-corrected chi connectivity index (χ2v) is 8.95. The van der Waals surface area contributed by atoms with Crippen molar-refractivity contribution in [3.8, 4) is 0 Å². The number of carbonyl (C=O) groups excluding carboxylic acids is 1. The summed E-state index contributed by atoms with van der Waals surface area (Å²) in [6.45, 7) is 3.36. The van der Waals surface area contributed by atoms with Gasteiger partial charge in [0.1, 0.15) is 6.61 Å². The molecule has 32 heavy (non-hydrogen) atoms. The number of nitrogens with zero attached hydrogens (tertiary/aromatic N) is 2. The number of pyridine rings is 1. The molecule has 0 unspecified atom stereocenters. The fourth-order valence-corrected chi connectivity index (χ4v) is 5.01. The van der Waals surface area contributed by atoms with Crippen molar-refractivity contribution < 1.29 is 9.53 Å². The summed E-state index contributed by atoms with van der Waals surface area (Å²) < 4.78 is 5.12. The van der Waals surface area contributed by atoms with E-state index in [1.807, 2.05) is 18.3 Å². The first-order valence-corrected chi connectivity index (χ1v) is 11.4. The zero-order chi connectivity index (χ0) is 21.8. The molecule has 0 spiro atoms. The molecule has 5 nitrogen and oxygen atoms in total. The number of rotatable bonds is 6. The third kappa shape index (κ3) is 4.53. The van der Waals surface area contributed by atoms with E-state index in [0.29, 0.717) is 6.61 Å². The highest BCUT2D eigenvalue weighted by molar-refractivity contribution is 5.87. The Labute approximate surface area is 189 Å². The minimum Gasteiger partial charge on any atom is -0.444 e. The van der Waals surface area contributed by atoms with E-state index in [1.165, 1.54) is 16.8 Å². The number of benzene rings is 2. The Morgan fingerprint density at radius 3 is 2.56 bits per heavy atom. The SMILES string of the molecule is O=C1Nc2ccc(CN3CCC(CCc4ccccc4)(c4ccccn4)CC3)cc2CO1. The molecule has 1 aromatic heterocycles.